The van der Waals surface area contributed by atoms with Gasteiger partial charge in [-0.15, -0.1) is 0 Å². The third-order valence-electron chi connectivity index (χ3n) is 4.34. The van der Waals surface area contributed by atoms with Gasteiger partial charge in [0.05, 0.1) is 21.3 Å². The van der Waals surface area contributed by atoms with Gasteiger partial charge in [-0.25, -0.2) is 0 Å². The summed E-state index contributed by atoms with van der Waals surface area (Å²) in [7, 11) is 4.51. The van der Waals surface area contributed by atoms with Crippen LogP contribution in [0.1, 0.15) is 20.7 Å². The highest BCUT2D eigenvalue weighted by Gasteiger charge is 2.15. The van der Waals surface area contributed by atoms with Crippen molar-refractivity contribution in [3.8, 4) is 17.2 Å². The first kappa shape index (κ1) is 20.7. The van der Waals surface area contributed by atoms with E-state index in [2.05, 4.69) is 10.6 Å². The summed E-state index contributed by atoms with van der Waals surface area (Å²) in [4.78, 5) is 25.1. The Kier molecular flexibility index (Phi) is 6.54. The molecule has 0 bridgehead atoms. The standard InChI is InChI=1S/C23H22N2O5/c1-28-19-13-18(14-20(29-2)21(19)30-3)25-23(27)16-10-7-11-17(12-16)24-22(26)15-8-5-4-6-9-15/h4-14H,1-3H3,(H,24,26)(H,25,27). The Morgan fingerprint density at radius 3 is 1.80 bits per heavy atom. The average molecular weight is 406 g/mol. The maximum Gasteiger partial charge on any atom is 0.255 e. The van der Waals surface area contributed by atoms with Gasteiger partial charge in [0.15, 0.2) is 11.5 Å². The Labute approximate surface area is 174 Å². The van der Waals surface area contributed by atoms with Gasteiger partial charge in [0, 0.05) is 34.6 Å². The highest BCUT2D eigenvalue weighted by molar-refractivity contribution is 6.07. The van der Waals surface area contributed by atoms with Crippen LogP contribution in [0.5, 0.6) is 17.2 Å². The van der Waals surface area contributed by atoms with Crippen LogP contribution in [0.15, 0.2) is 66.7 Å². The third-order valence-corrected chi connectivity index (χ3v) is 4.34. The predicted molar refractivity (Wildman–Crippen MR) is 115 cm³/mol. The quantitative estimate of drug-likeness (QED) is 0.614. The van der Waals surface area contributed by atoms with Crippen LogP contribution in [-0.4, -0.2) is 33.1 Å². The SMILES string of the molecule is COc1cc(NC(=O)c2cccc(NC(=O)c3ccccc3)c2)cc(OC)c1OC. The van der Waals surface area contributed by atoms with Gasteiger partial charge in [-0.2, -0.15) is 0 Å². The van der Waals surface area contributed by atoms with Crippen LogP contribution in [0.3, 0.4) is 0 Å². The Morgan fingerprint density at radius 1 is 0.633 bits per heavy atom. The second kappa shape index (κ2) is 9.47. The first-order valence-electron chi connectivity index (χ1n) is 9.13. The maximum absolute atomic E-state index is 12.7. The molecule has 7 nitrogen and oxygen atoms in total. The summed E-state index contributed by atoms with van der Waals surface area (Å²) in [6.45, 7) is 0. The number of nitrogens with one attached hydrogen (secondary N) is 2. The summed E-state index contributed by atoms with van der Waals surface area (Å²) in [6.07, 6.45) is 0. The molecular formula is C23H22N2O5. The normalized spacial score (nSPS) is 10.1. The van der Waals surface area contributed by atoms with E-state index in [1.807, 2.05) is 6.07 Å². The Bertz CT molecular complexity index is 1030. The van der Waals surface area contributed by atoms with E-state index >= 15 is 0 Å². The molecule has 0 aliphatic heterocycles. The van der Waals surface area contributed by atoms with E-state index < -0.39 is 0 Å². The van der Waals surface area contributed by atoms with E-state index in [4.69, 9.17) is 14.2 Å². The molecule has 3 aromatic carbocycles. The van der Waals surface area contributed by atoms with Crippen LogP contribution in [0.25, 0.3) is 0 Å². The number of ether oxygens (including phenoxy) is 3. The highest BCUT2D eigenvalue weighted by atomic mass is 16.5. The first-order valence-corrected chi connectivity index (χ1v) is 9.13. The van der Waals surface area contributed by atoms with Gasteiger partial charge in [-0.3, -0.25) is 9.59 Å². The Morgan fingerprint density at radius 2 is 1.20 bits per heavy atom. The van der Waals surface area contributed by atoms with Crippen LogP contribution >= 0.6 is 0 Å². The summed E-state index contributed by atoms with van der Waals surface area (Å²) in [5, 5.41) is 5.60. The van der Waals surface area contributed by atoms with Gasteiger partial charge in [0.1, 0.15) is 0 Å². The fourth-order valence-corrected chi connectivity index (χ4v) is 2.89. The number of amides is 2. The van der Waals surface area contributed by atoms with Crippen molar-refractivity contribution < 1.29 is 23.8 Å². The van der Waals surface area contributed by atoms with Crippen molar-refractivity contribution in [3.05, 3.63) is 77.9 Å². The average Bonchev–Trinajstić information content (AvgIpc) is 2.79. The van der Waals surface area contributed by atoms with Gasteiger partial charge in [-0.05, 0) is 30.3 Å². The number of benzene rings is 3. The number of carbonyl (C=O) groups excluding carboxylic acids is 2. The molecule has 154 valence electrons. The lowest BCUT2D eigenvalue weighted by atomic mass is 10.1. The van der Waals surface area contributed by atoms with Crippen molar-refractivity contribution in [3.63, 3.8) is 0 Å². The summed E-state index contributed by atoms with van der Waals surface area (Å²) in [5.41, 5.74) is 1.91. The second-order valence-corrected chi connectivity index (χ2v) is 6.27. The van der Waals surface area contributed by atoms with Crippen LogP contribution < -0.4 is 24.8 Å². The van der Waals surface area contributed by atoms with E-state index in [1.165, 1.54) is 21.3 Å². The molecule has 0 fully saturated rings. The van der Waals surface area contributed by atoms with E-state index in [0.717, 1.165) is 0 Å². The molecule has 0 aliphatic rings. The van der Waals surface area contributed by atoms with Crippen LogP contribution in [-0.2, 0) is 0 Å². The molecule has 7 heteroatoms. The van der Waals surface area contributed by atoms with Gasteiger partial charge in [0.25, 0.3) is 11.8 Å². The van der Waals surface area contributed by atoms with Crippen LogP contribution in [0, 0.1) is 0 Å². The van der Waals surface area contributed by atoms with E-state index in [1.54, 1.807) is 60.7 Å². The molecule has 0 atom stereocenters. The molecule has 30 heavy (non-hydrogen) atoms. The maximum atomic E-state index is 12.7. The molecule has 0 aromatic heterocycles. The zero-order valence-corrected chi connectivity index (χ0v) is 16.9. The molecule has 0 aliphatic carbocycles. The molecule has 2 amide bonds. The fourth-order valence-electron chi connectivity index (χ4n) is 2.89. The molecule has 0 saturated carbocycles. The van der Waals surface area contributed by atoms with Crippen molar-refractivity contribution in [2.75, 3.05) is 32.0 Å². The molecule has 0 heterocycles. The fraction of sp³-hybridized carbons (Fsp3) is 0.130. The predicted octanol–water partition coefficient (Wildman–Crippen LogP) is 4.22. The van der Waals surface area contributed by atoms with Gasteiger partial charge >= 0.3 is 0 Å². The molecule has 0 radical (unpaired) electrons. The van der Waals surface area contributed by atoms with Gasteiger partial charge in [-0.1, -0.05) is 24.3 Å². The molecule has 0 spiro atoms. The molecule has 0 unspecified atom stereocenters. The lowest BCUT2D eigenvalue weighted by molar-refractivity contribution is 0.101. The summed E-state index contributed by atoms with van der Waals surface area (Å²) in [5.74, 6) is 0.688. The lowest BCUT2D eigenvalue weighted by Gasteiger charge is -2.15. The topological polar surface area (TPSA) is 85.9 Å². The Balaban J connectivity index is 1.78. The largest absolute Gasteiger partial charge is 0.493 e. The highest BCUT2D eigenvalue weighted by Crippen LogP contribution is 2.40. The molecule has 3 rings (SSSR count). The smallest absolute Gasteiger partial charge is 0.255 e. The molecule has 3 aromatic rings. The van der Waals surface area contributed by atoms with Crippen molar-refractivity contribution in [1.82, 2.24) is 0 Å². The number of methoxy groups -OCH3 is 3. The third kappa shape index (κ3) is 4.70. The number of hydrogen-bond donors (Lipinski definition) is 2. The number of rotatable bonds is 7. The first-order chi connectivity index (χ1) is 14.5. The summed E-state index contributed by atoms with van der Waals surface area (Å²) < 4.78 is 15.9. The second-order valence-electron chi connectivity index (χ2n) is 6.27. The van der Waals surface area contributed by atoms with Crippen molar-refractivity contribution in [2.45, 2.75) is 0 Å². The minimum absolute atomic E-state index is 0.252. The number of carbonyl (C=O) groups is 2. The van der Waals surface area contributed by atoms with Crippen LogP contribution in [0.4, 0.5) is 11.4 Å². The summed E-state index contributed by atoms with van der Waals surface area (Å²) in [6, 6.07) is 18.8. The molecule has 0 saturated heterocycles. The summed E-state index contributed by atoms with van der Waals surface area (Å²) >= 11 is 0. The minimum atomic E-state index is -0.347. The Hall–Kier alpha value is -4.00. The monoisotopic (exact) mass is 406 g/mol. The van der Waals surface area contributed by atoms with Crippen molar-refractivity contribution in [2.24, 2.45) is 0 Å². The minimum Gasteiger partial charge on any atom is -0.493 e. The van der Waals surface area contributed by atoms with Gasteiger partial charge < -0.3 is 24.8 Å². The molecule has 2 N–H and O–H groups in total. The van der Waals surface area contributed by atoms with Crippen molar-refractivity contribution in [1.29, 1.82) is 0 Å². The van der Waals surface area contributed by atoms with E-state index in [9.17, 15) is 9.59 Å². The van der Waals surface area contributed by atoms with Crippen molar-refractivity contribution >= 4 is 23.2 Å². The van der Waals surface area contributed by atoms with E-state index in [0.29, 0.717) is 39.8 Å². The zero-order valence-electron chi connectivity index (χ0n) is 16.9. The number of hydrogen-bond acceptors (Lipinski definition) is 5. The molecular weight excluding hydrogens is 384 g/mol. The zero-order chi connectivity index (χ0) is 21.5. The van der Waals surface area contributed by atoms with Crippen LogP contribution in [0.2, 0.25) is 0 Å². The number of anilines is 2. The van der Waals surface area contributed by atoms with E-state index in [-0.39, 0.29) is 11.8 Å². The van der Waals surface area contributed by atoms with Gasteiger partial charge in [0.2, 0.25) is 5.75 Å². The lowest BCUT2D eigenvalue weighted by Crippen LogP contribution is -2.14.